The molecule has 0 spiro atoms. The van der Waals surface area contributed by atoms with Gasteiger partial charge in [0.05, 0.1) is 18.3 Å². The zero-order valence-electron chi connectivity index (χ0n) is 9.47. The van der Waals surface area contributed by atoms with E-state index in [0.29, 0.717) is 19.0 Å². The van der Waals surface area contributed by atoms with Gasteiger partial charge in [-0.15, -0.1) is 0 Å². The van der Waals surface area contributed by atoms with Gasteiger partial charge in [0.1, 0.15) is 12.4 Å². The predicted molar refractivity (Wildman–Crippen MR) is 60.0 cm³/mol. The van der Waals surface area contributed by atoms with Gasteiger partial charge in [-0.1, -0.05) is 6.07 Å². The second-order valence-corrected chi connectivity index (χ2v) is 3.60. The van der Waals surface area contributed by atoms with Gasteiger partial charge in [0.15, 0.2) is 0 Å². The maximum atomic E-state index is 10.7. The highest BCUT2D eigenvalue weighted by Gasteiger charge is 2.03. The summed E-state index contributed by atoms with van der Waals surface area (Å²) in [5.41, 5.74) is 0.224. The fourth-order valence-electron chi connectivity index (χ4n) is 1.16. The molecule has 1 rings (SSSR count). The zero-order valence-corrected chi connectivity index (χ0v) is 9.47. The normalized spacial score (nSPS) is 10.4. The second kappa shape index (κ2) is 6.12. The van der Waals surface area contributed by atoms with Crippen LogP contribution in [-0.2, 0) is 4.74 Å². The van der Waals surface area contributed by atoms with Crippen molar-refractivity contribution in [2.45, 2.75) is 20.0 Å². The Morgan fingerprint density at radius 1 is 1.38 bits per heavy atom. The smallest absolute Gasteiger partial charge is 0.335 e. The molecule has 0 atom stereocenters. The fourth-order valence-corrected chi connectivity index (χ4v) is 1.16. The molecule has 0 unspecified atom stereocenters. The molecule has 0 radical (unpaired) electrons. The monoisotopic (exact) mass is 224 g/mol. The summed E-state index contributed by atoms with van der Waals surface area (Å²) >= 11 is 0. The Bertz CT molecular complexity index is 347. The lowest BCUT2D eigenvalue weighted by molar-refractivity contribution is 0.0552. The van der Waals surface area contributed by atoms with E-state index in [-0.39, 0.29) is 11.7 Å². The van der Waals surface area contributed by atoms with Gasteiger partial charge in [0, 0.05) is 0 Å². The molecular formula is C12H16O4. The van der Waals surface area contributed by atoms with Crippen LogP contribution in [0.15, 0.2) is 24.3 Å². The molecule has 4 nitrogen and oxygen atoms in total. The number of carboxylic acids is 1. The zero-order chi connectivity index (χ0) is 12.0. The van der Waals surface area contributed by atoms with E-state index in [2.05, 4.69) is 0 Å². The summed E-state index contributed by atoms with van der Waals surface area (Å²) in [4.78, 5) is 10.7. The number of carbonyl (C=O) groups is 1. The molecular weight excluding hydrogens is 208 g/mol. The van der Waals surface area contributed by atoms with Crippen LogP contribution in [0.5, 0.6) is 5.75 Å². The van der Waals surface area contributed by atoms with Crippen molar-refractivity contribution in [1.29, 1.82) is 0 Å². The van der Waals surface area contributed by atoms with Crippen LogP contribution in [0.2, 0.25) is 0 Å². The lowest BCUT2D eigenvalue weighted by atomic mass is 10.2. The molecule has 0 saturated heterocycles. The third-order valence-electron chi connectivity index (χ3n) is 1.88. The van der Waals surface area contributed by atoms with Gasteiger partial charge < -0.3 is 14.6 Å². The van der Waals surface area contributed by atoms with Crippen molar-refractivity contribution < 1.29 is 19.4 Å². The topological polar surface area (TPSA) is 55.8 Å². The van der Waals surface area contributed by atoms with Crippen LogP contribution < -0.4 is 4.74 Å². The molecule has 0 bridgehead atoms. The van der Waals surface area contributed by atoms with Crippen LogP contribution >= 0.6 is 0 Å². The van der Waals surface area contributed by atoms with Crippen molar-refractivity contribution in [2.75, 3.05) is 13.2 Å². The van der Waals surface area contributed by atoms with Crippen molar-refractivity contribution in [3.05, 3.63) is 29.8 Å². The molecule has 0 aliphatic heterocycles. The number of ether oxygens (including phenoxy) is 2. The van der Waals surface area contributed by atoms with E-state index in [4.69, 9.17) is 14.6 Å². The standard InChI is InChI=1S/C12H16O4/c1-9(2)15-6-7-16-11-5-3-4-10(8-11)12(13)14/h3-5,8-9H,6-7H2,1-2H3,(H,13,14). The van der Waals surface area contributed by atoms with E-state index in [0.717, 1.165) is 0 Å². The van der Waals surface area contributed by atoms with Gasteiger partial charge in [-0.25, -0.2) is 4.79 Å². The van der Waals surface area contributed by atoms with Crippen LogP contribution in [0.1, 0.15) is 24.2 Å². The molecule has 88 valence electrons. The Morgan fingerprint density at radius 2 is 2.12 bits per heavy atom. The Balaban J connectivity index is 2.42. The van der Waals surface area contributed by atoms with E-state index in [1.165, 1.54) is 12.1 Å². The van der Waals surface area contributed by atoms with Crippen LogP contribution in [0.25, 0.3) is 0 Å². The number of carboxylic acid groups (broad SMARTS) is 1. The summed E-state index contributed by atoms with van der Waals surface area (Å²) in [6.45, 7) is 4.81. The Labute approximate surface area is 94.8 Å². The number of aromatic carboxylic acids is 1. The Hall–Kier alpha value is -1.55. The van der Waals surface area contributed by atoms with Gasteiger partial charge in [-0.05, 0) is 32.0 Å². The first-order chi connectivity index (χ1) is 7.59. The molecule has 16 heavy (non-hydrogen) atoms. The van der Waals surface area contributed by atoms with Gasteiger partial charge in [-0.2, -0.15) is 0 Å². The van der Waals surface area contributed by atoms with Crippen LogP contribution in [-0.4, -0.2) is 30.4 Å². The first kappa shape index (κ1) is 12.5. The summed E-state index contributed by atoms with van der Waals surface area (Å²) in [5.74, 6) is -0.406. The molecule has 0 aromatic heterocycles. The maximum Gasteiger partial charge on any atom is 0.335 e. The summed E-state index contributed by atoms with van der Waals surface area (Å²) < 4.78 is 10.7. The van der Waals surface area contributed by atoms with E-state index in [1.807, 2.05) is 13.8 Å². The van der Waals surface area contributed by atoms with Crippen molar-refractivity contribution >= 4 is 5.97 Å². The summed E-state index contributed by atoms with van der Waals surface area (Å²) in [5, 5.41) is 8.77. The third-order valence-corrected chi connectivity index (χ3v) is 1.88. The van der Waals surface area contributed by atoms with Gasteiger partial charge in [0.2, 0.25) is 0 Å². The SMILES string of the molecule is CC(C)OCCOc1cccc(C(=O)O)c1. The van der Waals surface area contributed by atoms with Crippen molar-refractivity contribution in [1.82, 2.24) is 0 Å². The average molecular weight is 224 g/mol. The van der Waals surface area contributed by atoms with Crippen LogP contribution in [0.3, 0.4) is 0 Å². The first-order valence-electron chi connectivity index (χ1n) is 5.17. The average Bonchev–Trinajstić information content (AvgIpc) is 2.24. The minimum absolute atomic E-state index is 0.175. The van der Waals surface area contributed by atoms with E-state index < -0.39 is 5.97 Å². The molecule has 0 fully saturated rings. The van der Waals surface area contributed by atoms with Gasteiger partial charge >= 0.3 is 5.97 Å². The number of hydrogen-bond donors (Lipinski definition) is 1. The molecule has 0 heterocycles. The molecule has 1 N–H and O–H groups in total. The minimum atomic E-state index is -0.955. The fraction of sp³-hybridized carbons (Fsp3) is 0.417. The first-order valence-corrected chi connectivity index (χ1v) is 5.17. The molecule has 0 aliphatic rings. The maximum absolute atomic E-state index is 10.7. The highest BCUT2D eigenvalue weighted by atomic mass is 16.5. The van der Waals surface area contributed by atoms with E-state index >= 15 is 0 Å². The van der Waals surface area contributed by atoms with Crippen molar-refractivity contribution in [3.8, 4) is 5.75 Å². The second-order valence-electron chi connectivity index (χ2n) is 3.60. The van der Waals surface area contributed by atoms with Gasteiger partial charge in [-0.3, -0.25) is 0 Å². The predicted octanol–water partition coefficient (Wildman–Crippen LogP) is 2.19. The summed E-state index contributed by atoms with van der Waals surface area (Å²) in [6, 6.07) is 6.40. The number of hydrogen-bond acceptors (Lipinski definition) is 3. The van der Waals surface area contributed by atoms with E-state index in [1.54, 1.807) is 12.1 Å². The minimum Gasteiger partial charge on any atom is -0.491 e. The van der Waals surface area contributed by atoms with Crippen molar-refractivity contribution in [2.24, 2.45) is 0 Å². The third kappa shape index (κ3) is 4.31. The molecule has 0 saturated carbocycles. The summed E-state index contributed by atoms with van der Waals surface area (Å²) in [7, 11) is 0. The molecule has 1 aromatic rings. The lowest BCUT2D eigenvalue weighted by Gasteiger charge is -2.09. The Morgan fingerprint density at radius 3 is 2.75 bits per heavy atom. The molecule has 0 amide bonds. The number of benzene rings is 1. The molecule has 0 aliphatic carbocycles. The Kier molecular flexibility index (Phi) is 4.79. The summed E-state index contributed by atoms with van der Waals surface area (Å²) in [6.07, 6.45) is 0.175. The molecule has 4 heteroatoms. The quantitative estimate of drug-likeness (QED) is 0.752. The highest BCUT2D eigenvalue weighted by molar-refractivity contribution is 5.87. The van der Waals surface area contributed by atoms with Crippen molar-refractivity contribution in [3.63, 3.8) is 0 Å². The van der Waals surface area contributed by atoms with E-state index in [9.17, 15) is 4.79 Å². The van der Waals surface area contributed by atoms with Crippen LogP contribution in [0, 0.1) is 0 Å². The molecule has 1 aromatic carbocycles. The van der Waals surface area contributed by atoms with Gasteiger partial charge in [0.25, 0.3) is 0 Å². The highest BCUT2D eigenvalue weighted by Crippen LogP contribution is 2.13. The lowest BCUT2D eigenvalue weighted by Crippen LogP contribution is -2.11. The largest absolute Gasteiger partial charge is 0.491 e. The van der Waals surface area contributed by atoms with Crippen LogP contribution in [0.4, 0.5) is 0 Å². The number of rotatable bonds is 6.